The van der Waals surface area contributed by atoms with Crippen molar-refractivity contribution < 1.29 is 14.5 Å². The predicted molar refractivity (Wildman–Crippen MR) is 96.3 cm³/mol. The Morgan fingerprint density at radius 1 is 1.27 bits per heavy atom. The van der Waals surface area contributed by atoms with Gasteiger partial charge in [-0.15, -0.1) is 0 Å². The number of carbonyl (C=O) groups excluding carboxylic acids is 2. The molecule has 1 saturated heterocycles. The van der Waals surface area contributed by atoms with Crippen molar-refractivity contribution in [3.63, 3.8) is 0 Å². The lowest BCUT2D eigenvalue weighted by Crippen LogP contribution is -2.55. The highest BCUT2D eigenvalue weighted by Crippen LogP contribution is 2.29. The summed E-state index contributed by atoms with van der Waals surface area (Å²) in [7, 11) is 0. The highest BCUT2D eigenvalue weighted by atomic mass is 16.6. The molecular formula is C18H18N4O4. The third kappa shape index (κ3) is 3.49. The van der Waals surface area contributed by atoms with Gasteiger partial charge >= 0.3 is 0 Å². The molecule has 8 nitrogen and oxygen atoms in total. The smallest absolute Gasteiger partial charge is 0.293 e. The van der Waals surface area contributed by atoms with Gasteiger partial charge in [0.1, 0.15) is 11.7 Å². The van der Waals surface area contributed by atoms with E-state index in [1.165, 1.54) is 23.1 Å². The van der Waals surface area contributed by atoms with E-state index in [0.717, 1.165) is 0 Å². The Bertz CT molecular complexity index is 854. The molecule has 0 saturated carbocycles. The predicted octanol–water partition coefficient (Wildman–Crippen LogP) is 2.30. The molecule has 8 heteroatoms. The van der Waals surface area contributed by atoms with Crippen LogP contribution in [0.2, 0.25) is 0 Å². The zero-order chi connectivity index (χ0) is 18.7. The van der Waals surface area contributed by atoms with Crippen LogP contribution in [0.5, 0.6) is 0 Å². The number of rotatable bonds is 4. The molecule has 26 heavy (non-hydrogen) atoms. The standard InChI is InChI=1S/C18H18N4O4/c1-12-17(23)19-9-10-21(12)18(24)13-7-8-15(16(11-13)22(25)26)20-14-5-3-2-4-6-14/h2-8,11-12,20H,9-10H2,1H3,(H,19,23). The monoisotopic (exact) mass is 354 g/mol. The van der Waals surface area contributed by atoms with Crippen LogP contribution >= 0.6 is 0 Å². The first-order valence-corrected chi connectivity index (χ1v) is 8.16. The molecule has 1 aliphatic rings. The normalized spacial score (nSPS) is 16.7. The first kappa shape index (κ1) is 17.4. The number of nitro groups is 1. The quantitative estimate of drug-likeness (QED) is 0.647. The molecule has 2 aromatic rings. The minimum atomic E-state index is -0.613. The number of benzene rings is 2. The van der Waals surface area contributed by atoms with Gasteiger partial charge in [-0.1, -0.05) is 18.2 Å². The molecule has 2 aromatic carbocycles. The first-order chi connectivity index (χ1) is 12.5. The van der Waals surface area contributed by atoms with Crippen LogP contribution in [0.25, 0.3) is 0 Å². The first-order valence-electron chi connectivity index (χ1n) is 8.16. The molecule has 1 atom stereocenters. The largest absolute Gasteiger partial charge is 0.353 e. The number of hydrogen-bond acceptors (Lipinski definition) is 5. The maximum Gasteiger partial charge on any atom is 0.293 e. The fourth-order valence-electron chi connectivity index (χ4n) is 2.82. The number of hydrogen-bond donors (Lipinski definition) is 2. The lowest BCUT2D eigenvalue weighted by molar-refractivity contribution is -0.383. The van der Waals surface area contributed by atoms with E-state index in [1.54, 1.807) is 19.1 Å². The minimum absolute atomic E-state index is 0.178. The third-order valence-electron chi connectivity index (χ3n) is 4.25. The van der Waals surface area contributed by atoms with Crippen LogP contribution in [-0.2, 0) is 4.79 Å². The van der Waals surface area contributed by atoms with Gasteiger partial charge < -0.3 is 15.5 Å². The van der Waals surface area contributed by atoms with Crippen LogP contribution in [0.3, 0.4) is 0 Å². The van der Waals surface area contributed by atoms with Gasteiger partial charge in [-0.05, 0) is 31.2 Å². The number of carbonyl (C=O) groups is 2. The van der Waals surface area contributed by atoms with Gasteiger partial charge in [0.05, 0.1) is 4.92 Å². The lowest BCUT2D eigenvalue weighted by atomic mass is 10.1. The number of para-hydroxylation sites is 1. The molecule has 1 unspecified atom stereocenters. The molecule has 1 fully saturated rings. The Balaban J connectivity index is 1.89. The number of nitro benzene ring substituents is 1. The molecule has 134 valence electrons. The summed E-state index contributed by atoms with van der Waals surface area (Å²) in [6, 6.07) is 12.7. The summed E-state index contributed by atoms with van der Waals surface area (Å²) in [4.78, 5) is 36.8. The Morgan fingerprint density at radius 3 is 2.69 bits per heavy atom. The van der Waals surface area contributed by atoms with E-state index in [4.69, 9.17) is 0 Å². The molecule has 2 amide bonds. The molecule has 0 radical (unpaired) electrons. The number of piperazine rings is 1. The topological polar surface area (TPSA) is 105 Å². The van der Waals surface area contributed by atoms with Crippen molar-refractivity contribution in [2.75, 3.05) is 18.4 Å². The van der Waals surface area contributed by atoms with Crippen molar-refractivity contribution in [3.8, 4) is 0 Å². The van der Waals surface area contributed by atoms with Gasteiger partial charge in [0.25, 0.3) is 11.6 Å². The Labute approximate surface area is 150 Å². The van der Waals surface area contributed by atoms with E-state index in [9.17, 15) is 19.7 Å². The number of nitrogens with zero attached hydrogens (tertiary/aromatic N) is 2. The van der Waals surface area contributed by atoms with Gasteiger partial charge in [0.2, 0.25) is 5.91 Å². The Kier molecular flexibility index (Phi) is 4.83. The molecule has 0 bridgehead atoms. The second-order valence-electron chi connectivity index (χ2n) is 5.95. The van der Waals surface area contributed by atoms with Crippen molar-refractivity contribution in [3.05, 3.63) is 64.2 Å². The number of anilines is 2. The molecule has 3 rings (SSSR count). The van der Waals surface area contributed by atoms with Crippen LogP contribution in [-0.4, -0.2) is 40.8 Å². The summed E-state index contributed by atoms with van der Waals surface area (Å²) in [5.41, 5.74) is 0.976. The second-order valence-corrected chi connectivity index (χ2v) is 5.95. The molecule has 2 N–H and O–H groups in total. The summed E-state index contributed by atoms with van der Waals surface area (Å²) in [5, 5.41) is 17.1. The van der Waals surface area contributed by atoms with Gasteiger partial charge in [-0.25, -0.2) is 0 Å². The highest BCUT2D eigenvalue weighted by Gasteiger charge is 2.31. The molecule has 1 heterocycles. The van der Waals surface area contributed by atoms with Crippen molar-refractivity contribution >= 4 is 28.9 Å². The number of nitrogens with one attached hydrogen (secondary N) is 2. The van der Waals surface area contributed by atoms with E-state index in [2.05, 4.69) is 10.6 Å². The van der Waals surface area contributed by atoms with Crippen LogP contribution in [0.1, 0.15) is 17.3 Å². The summed E-state index contributed by atoms with van der Waals surface area (Å²) in [5.74, 6) is -0.636. The molecule has 0 spiro atoms. The van der Waals surface area contributed by atoms with Crippen molar-refractivity contribution in [1.82, 2.24) is 10.2 Å². The van der Waals surface area contributed by atoms with E-state index in [1.807, 2.05) is 18.2 Å². The van der Waals surface area contributed by atoms with Crippen molar-refractivity contribution in [2.45, 2.75) is 13.0 Å². The van der Waals surface area contributed by atoms with E-state index < -0.39 is 16.9 Å². The summed E-state index contributed by atoms with van der Waals surface area (Å²) < 4.78 is 0. The SMILES string of the molecule is CC1C(=O)NCCN1C(=O)c1ccc(Nc2ccccc2)c([N+](=O)[O-])c1. The molecular weight excluding hydrogens is 336 g/mol. The van der Waals surface area contributed by atoms with Gasteiger partial charge in [0.15, 0.2) is 0 Å². The molecule has 0 aromatic heterocycles. The van der Waals surface area contributed by atoms with Crippen LogP contribution in [0.15, 0.2) is 48.5 Å². The van der Waals surface area contributed by atoms with Gasteiger partial charge in [-0.3, -0.25) is 19.7 Å². The average molecular weight is 354 g/mol. The van der Waals surface area contributed by atoms with Crippen LogP contribution in [0.4, 0.5) is 17.1 Å². The van der Waals surface area contributed by atoms with E-state index >= 15 is 0 Å². The molecule has 1 aliphatic heterocycles. The Hall–Kier alpha value is -3.42. The zero-order valence-electron chi connectivity index (χ0n) is 14.1. The minimum Gasteiger partial charge on any atom is -0.353 e. The number of amides is 2. The Morgan fingerprint density at radius 2 is 2.00 bits per heavy atom. The maximum absolute atomic E-state index is 12.7. The highest BCUT2D eigenvalue weighted by molar-refractivity contribution is 5.99. The average Bonchev–Trinajstić information content (AvgIpc) is 2.64. The summed E-state index contributed by atoms with van der Waals surface area (Å²) in [6.07, 6.45) is 0. The van der Waals surface area contributed by atoms with Gasteiger partial charge in [0, 0.05) is 30.4 Å². The lowest BCUT2D eigenvalue weighted by Gasteiger charge is -2.32. The third-order valence-corrected chi connectivity index (χ3v) is 4.25. The molecule has 0 aliphatic carbocycles. The van der Waals surface area contributed by atoms with Crippen molar-refractivity contribution in [1.29, 1.82) is 0 Å². The maximum atomic E-state index is 12.7. The van der Waals surface area contributed by atoms with E-state index in [-0.39, 0.29) is 17.2 Å². The van der Waals surface area contributed by atoms with Crippen LogP contribution < -0.4 is 10.6 Å². The fourth-order valence-corrected chi connectivity index (χ4v) is 2.82. The zero-order valence-corrected chi connectivity index (χ0v) is 14.1. The van der Waals surface area contributed by atoms with Crippen LogP contribution in [0, 0.1) is 10.1 Å². The second kappa shape index (κ2) is 7.22. The summed E-state index contributed by atoms with van der Waals surface area (Å²) >= 11 is 0. The summed E-state index contributed by atoms with van der Waals surface area (Å²) in [6.45, 7) is 2.36. The van der Waals surface area contributed by atoms with Gasteiger partial charge in [-0.2, -0.15) is 0 Å². The van der Waals surface area contributed by atoms with Crippen molar-refractivity contribution in [2.24, 2.45) is 0 Å². The van der Waals surface area contributed by atoms with E-state index in [0.29, 0.717) is 24.5 Å². The fraction of sp³-hybridized carbons (Fsp3) is 0.222.